The fraction of sp³-hybridized carbons (Fsp3) is 0.111. The molecule has 28 heavy (non-hydrogen) atoms. The third-order valence-corrected chi connectivity index (χ3v) is 5.93. The second-order valence-corrected chi connectivity index (χ2v) is 7.61. The van der Waals surface area contributed by atoms with Crippen molar-refractivity contribution in [1.82, 2.24) is 4.40 Å². The molecule has 0 radical (unpaired) electrons. The Balaban J connectivity index is 1.60. The summed E-state index contributed by atoms with van der Waals surface area (Å²) in [6.07, 6.45) is 4.45. The van der Waals surface area contributed by atoms with Crippen molar-refractivity contribution in [2.45, 2.75) is 19.8 Å². The zero-order chi connectivity index (χ0) is 19.1. The van der Waals surface area contributed by atoms with Crippen LogP contribution in [-0.4, -0.2) is 4.40 Å². The van der Waals surface area contributed by atoms with Crippen LogP contribution in [0.5, 0.6) is 0 Å². The highest BCUT2D eigenvalue weighted by molar-refractivity contribution is 5.89. The van der Waals surface area contributed by atoms with E-state index in [2.05, 4.69) is 116 Å². The monoisotopic (exact) mass is 361 g/mol. The molecular formula is C27H23N. The van der Waals surface area contributed by atoms with E-state index in [4.69, 9.17) is 0 Å². The Bertz CT molecular complexity index is 1280. The molecule has 5 rings (SSSR count). The van der Waals surface area contributed by atoms with Crippen LogP contribution in [0.3, 0.4) is 0 Å². The Morgan fingerprint density at radius 1 is 0.714 bits per heavy atom. The molecule has 3 aromatic carbocycles. The molecule has 0 aliphatic heterocycles. The van der Waals surface area contributed by atoms with Crippen LogP contribution in [0.1, 0.15) is 29.5 Å². The van der Waals surface area contributed by atoms with Crippen LogP contribution in [-0.2, 0) is 0 Å². The maximum Gasteiger partial charge on any atom is 0.0488 e. The molecule has 5 aromatic rings. The molecule has 1 atom stereocenters. The van der Waals surface area contributed by atoms with Crippen molar-refractivity contribution < 1.29 is 0 Å². The first-order chi connectivity index (χ1) is 13.7. The number of aryl methyl sites for hydroxylation is 1. The largest absolute Gasteiger partial charge is 0.323 e. The van der Waals surface area contributed by atoms with Gasteiger partial charge in [0.25, 0.3) is 0 Å². The third-order valence-electron chi connectivity index (χ3n) is 5.93. The third kappa shape index (κ3) is 2.80. The molecule has 0 saturated heterocycles. The summed E-state index contributed by atoms with van der Waals surface area (Å²) in [6, 6.07) is 30.6. The van der Waals surface area contributed by atoms with E-state index < -0.39 is 0 Å². The van der Waals surface area contributed by atoms with Crippen LogP contribution in [0.2, 0.25) is 0 Å². The van der Waals surface area contributed by atoms with Crippen LogP contribution in [0.25, 0.3) is 27.4 Å². The number of hydrogen-bond donors (Lipinski definition) is 0. The maximum absolute atomic E-state index is 2.34. The van der Waals surface area contributed by atoms with Gasteiger partial charge in [0.05, 0.1) is 0 Å². The van der Waals surface area contributed by atoms with Gasteiger partial charge in [0.2, 0.25) is 0 Å². The zero-order valence-electron chi connectivity index (χ0n) is 16.3. The fourth-order valence-corrected chi connectivity index (χ4v) is 4.17. The lowest BCUT2D eigenvalue weighted by Crippen LogP contribution is -1.97. The van der Waals surface area contributed by atoms with Crippen molar-refractivity contribution in [2.75, 3.05) is 0 Å². The van der Waals surface area contributed by atoms with Crippen LogP contribution in [0, 0.1) is 6.92 Å². The number of hydrogen-bond acceptors (Lipinski definition) is 0. The van der Waals surface area contributed by atoms with Gasteiger partial charge in [-0.15, -0.1) is 0 Å². The highest BCUT2D eigenvalue weighted by Crippen LogP contribution is 2.32. The standard InChI is InChI=1S/C27H23N/c1-19(21-8-4-3-5-9-21)23-14-15-28-18-26(20(2)27(28)17-23)25-13-12-22-10-6-7-11-24(22)16-25/h3-19H,1-2H3. The second-order valence-electron chi connectivity index (χ2n) is 7.61. The summed E-state index contributed by atoms with van der Waals surface area (Å²) in [4.78, 5) is 0. The average Bonchev–Trinajstić information content (AvgIpc) is 3.09. The molecule has 0 spiro atoms. The van der Waals surface area contributed by atoms with Gasteiger partial charge in [-0.2, -0.15) is 0 Å². The van der Waals surface area contributed by atoms with Crippen LogP contribution >= 0.6 is 0 Å². The van der Waals surface area contributed by atoms with E-state index in [9.17, 15) is 0 Å². The fourth-order valence-electron chi connectivity index (χ4n) is 4.17. The molecule has 0 aliphatic rings. The SMILES string of the molecule is Cc1c(-c2ccc3ccccc3c2)cn2ccc(C(C)c3ccccc3)cc12. The van der Waals surface area contributed by atoms with Crippen molar-refractivity contribution in [3.8, 4) is 11.1 Å². The molecular weight excluding hydrogens is 338 g/mol. The number of fused-ring (bicyclic) bond motifs is 2. The first-order valence-corrected chi connectivity index (χ1v) is 9.86. The molecule has 0 fully saturated rings. The van der Waals surface area contributed by atoms with Crippen molar-refractivity contribution >= 4 is 16.3 Å². The number of aromatic nitrogens is 1. The second kappa shape index (κ2) is 6.69. The summed E-state index contributed by atoms with van der Waals surface area (Å²) in [7, 11) is 0. The van der Waals surface area contributed by atoms with Gasteiger partial charge in [0.1, 0.15) is 0 Å². The predicted octanol–water partition coefficient (Wildman–Crippen LogP) is 7.22. The Morgan fingerprint density at radius 2 is 1.46 bits per heavy atom. The number of pyridine rings is 1. The van der Waals surface area contributed by atoms with Crippen LogP contribution in [0.4, 0.5) is 0 Å². The van der Waals surface area contributed by atoms with E-state index in [1.165, 1.54) is 44.1 Å². The zero-order valence-corrected chi connectivity index (χ0v) is 16.3. The lowest BCUT2D eigenvalue weighted by molar-refractivity contribution is 0.917. The molecule has 1 heteroatoms. The van der Waals surface area contributed by atoms with Crippen LogP contribution < -0.4 is 0 Å². The van der Waals surface area contributed by atoms with Gasteiger partial charge < -0.3 is 4.40 Å². The minimum absolute atomic E-state index is 0.379. The van der Waals surface area contributed by atoms with E-state index in [0.29, 0.717) is 5.92 Å². The van der Waals surface area contributed by atoms with Gasteiger partial charge >= 0.3 is 0 Å². The maximum atomic E-state index is 2.34. The van der Waals surface area contributed by atoms with Gasteiger partial charge in [-0.1, -0.05) is 73.7 Å². The highest BCUT2D eigenvalue weighted by Gasteiger charge is 2.13. The first-order valence-electron chi connectivity index (χ1n) is 9.86. The van der Waals surface area contributed by atoms with Crippen molar-refractivity contribution in [3.05, 3.63) is 114 Å². The molecule has 0 aliphatic carbocycles. The molecule has 136 valence electrons. The van der Waals surface area contributed by atoms with E-state index in [1.54, 1.807) is 0 Å². The minimum atomic E-state index is 0.379. The van der Waals surface area contributed by atoms with Gasteiger partial charge in [-0.05, 0) is 58.1 Å². The first kappa shape index (κ1) is 16.8. The molecule has 2 aromatic heterocycles. The molecule has 0 saturated carbocycles. The van der Waals surface area contributed by atoms with Crippen molar-refractivity contribution in [2.24, 2.45) is 0 Å². The van der Waals surface area contributed by atoms with Crippen LogP contribution in [0.15, 0.2) is 97.3 Å². The number of nitrogens with zero attached hydrogens (tertiary/aromatic N) is 1. The smallest absolute Gasteiger partial charge is 0.0488 e. The summed E-state index contributed by atoms with van der Waals surface area (Å²) in [5, 5.41) is 2.57. The summed E-state index contributed by atoms with van der Waals surface area (Å²) in [6.45, 7) is 4.51. The summed E-state index contributed by atoms with van der Waals surface area (Å²) >= 11 is 0. The predicted molar refractivity (Wildman–Crippen MR) is 119 cm³/mol. The van der Waals surface area contributed by atoms with E-state index in [-0.39, 0.29) is 0 Å². The van der Waals surface area contributed by atoms with E-state index >= 15 is 0 Å². The highest BCUT2D eigenvalue weighted by atomic mass is 14.9. The summed E-state index contributed by atoms with van der Waals surface area (Å²) in [5.41, 5.74) is 7.89. The van der Waals surface area contributed by atoms with E-state index in [0.717, 1.165) is 0 Å². The Kier molecular flexibility index (Phi) is 4.02. The van der Waals surface area contributed by atoms with Crippen molar-refractivity contribution in [3.63, 3.8) is 0 Å². The molecule has 1 nitrogen and oxygen atoms in total. The average molecular weight is 361 g/mol. The van der Waals surface area contributed by atoms with Gasteiger partial charge in [0, 0.05) is 29.4 Å². The quantitative estimate of drug-likeness (QED) is 0.319. The molecule has 0 amide bonds. The molecule has 0 N–H and O–H groups in total. The van der Waals surface area contributed by atoms with Gasteiger partial charge in [-0.25, -0.2) is 0 Å². The Hall–Kier alpha value is -3.32. The van der Waals surface area contributed by atoms with Gasteiger partial charge in [0.15, 0.2) is 0 Å². The lowest BCUT2D eigenvalue weighted by Gasteiger charge is -2.13. The van der Waals surface area contributed by atoms with Gasteiger partial charge in [-0.3, -0.25) is 0 Å². The molecule has 0 bridgehead atoms. The molecule has 2 heterocycles. The summed E-state index contributed by atoms with van der Waals surface area (Å²) in [5.74, 6) is 0.379. The van der Waals surface area contributed by atoms with Crippen molar-refractivity contribution in [1.29, 1.82) is 0 Å². The number of benzene rings is 3. The Morgan fingerprint density at radius 3 is 2.29 bits per heavy atom. The summed E-state index contributed by atoms with van der Waals surface area (Å²) < 4.78 is 2.25. The Labute approximate surface area is 165 Å². The van der Waals surface area contributed by atoms with E-state index in [1.807, 2.05) is 0 Å². The molecule has 1 unspecified atom stereocenters. The minimum Gasteiger partial charge on any atom is -0.323 e. The normalized spacial score (nSPS) is 12.5. The number of rotatable bonds is 3. The lowest BCUT2D eigenvalue weighted by atomic mass is 9.93. The topological polar surface area (TPSA) is 4.41 Å².